The van der Waals surface area contributed by atoms with E-state index in [-0.39, 0.29) is 20.9 Å². The highest BCUT2D eigenvalue weighted by Crippen LogP contribution is 2.31. The summed E-state index contributed by atoms with van der Waals surface area (Å²) >= 11 is 6.02. The summed E-state index contributed by atoms with van der Waals surface area (Å²) in [4.78, 5) is -0.208. The molecule has 0 bridgehead atoms. The molecule has 0 spiro atoms. The standard InChI is InChI=1S/C13H19ClN2O4S2/c1-15-9-10-4-3-7-16(10)22(19,20)13-8-11(21(2,17)18)5-6-12(13)14/h5-6,8,10,15H,3-4,7,9H2,1-2H3/t10-/m0/s1. The molecule has 9 heteroatoms. The van der Waals surface area contributed by atoms with Crippen molar-refractivity contribution in [2.45, 2.75) is 28.7 Å². The van der Waals surface area contributed by atoms with Crippen molar-refractivity contribution in [3.63, 3.8) is 0 Å². The second-order valence-electron chi connectivity index (χ2n) is 5.33. The summed E-state index contributed by atoms with van der Waals surface area (Å²) in [6, 6.07) is 3.62. The maximum absolute atomic E-state index is 12.8. The van der Waals surface area contributed by atoms with Crippen LogP contribution in [0.25, 0.3) is 0 Å². The Balaban J connectivity index is 2.50. The molecule has 1 N–H and O–H groups in total. The average Bonchev–Trinajstić information content (AvgIpc) is 2.87. The van der Waals surface area contributed by atoms with Crippen LogP contribution in [0.2, 0.25) is 5.02 Å². The molecule has 0 aromatic heterocycles. The van der Waals surface area contributed by atoms with Crippen LogP contribution in [-0.2, 0) is 19.9 Å². The molecule has 1 aromatic carbocycles. The van der Waals surface area contributed by atoms with Crippen LogP contribution in [-0.4, -0.2) is 53.6 Å². The van der Waals surface area contributed by atoms with Gasteiger partial charge in [-0.2, -0.15) is 4.31 Å². The lowest BCUT2D eigenvalue weighted by Gasteiger charge is -2.24. The normalized spacial score (nSPS) is 20.4. The lowest BCUT2D eigenvalue weighted by molar-refractivity contribution is 0.379. The van der Waals surface area contributed by atoms with Gasteiger partial charge in [-0.15, -0.1) is 0 Å². The summed E-state index contributed by atoms with van der Waals surface area (Å²) in [5.74, 6) is 0. The molecule has 6 nitrogen and oxygen atoms in total. The van der Waals surface area contributed by atoms with Crippen molar-refractivity contribution in [2.75, 3.05) is 26.4 Å². The van der Waals surface area contributed by atoms with Crippen LogP contribution in [0.3, 0.4) is 0 Å². The minimum Gasteiger partial charge on any atom is -0.318 e. The van der Waals surface area contributed by atoms with Crippen molar-refractivity contribution in [1.82, 2.24) is 9.62 Å². The molecule has 1 heterocycles. The maximum Gasteiger partial charge on any atom is 0.244 e. The zero-order chi connectivity index (χ0) is 16.5. The highest BCUT2D eigenvalue weighted by atomic mass is 35.5. The molecule has 22 heavy (non-hydrogen) atoms. The van der Waals surface area contributed by atoms with Crippen molar-refractivity contribution in [3.05, 3.63) is 23.2 Å². The van der Waals surface area contributed by atoms with Gasteiger partial charge >= 0.3 is 0 Å². The van der Waals surface area contributed by atoms with E-state index in [1.165, 1.54) is 16.4 Å². The SMILES string of the molecule is CNC[C@@H]1CCCN1S(=O)(=O)c1cc(S(C)(=O)=O)ccc1Cl. The van der Waals surface area contributed by atoms with E-state index in [0.29, 0.717) is 13.1 Å². The van der Waals surface area contributed by atoms with E-state index in [4.69, 9.17) is 11.6 Å². The fourth-order valence-corrected chi connectivity index (χ4v) is 5.52. The van der Waals surface area contributed by atoms with Gasteiger partial charge in [0.05, 0.1) is 9.92 Å². The zero-order valence-electron chi connectivity index (χ0n) is 12.4. The summed E-state index contributed by atoms with van der Waals surface area (Å²) in [6.07, 6.45) is 2.57. The quantitative estimate of drug-likeness (QED) is 0.844. The Bertz CT molecular complexity index is 762. The molecule has 124 valence electrons. The number of hydrogen-bond acceptors (Lipinski definition) is 5. The number of benzene rings is 1. The van der Waals surface area contributed by atoms with E-state index in [1.54, 1.807) is 7.05 Å². The third-order valence-electron chi connectivity index (χ3n) is 3.68. The third kappa shape index (κ3) is 3.46. The second kappa shape index (κ2) is 6.45. The van der Waals surface area contributed by atoms with Gasteiger partial charge < -0.3 is 5.32 Å². The van der Waals surface area contributed by atoms with Gasteiger partial charge in [-0.3, -0.25) is 0 Å². The highest BCUT2D eigenvalue weighted by Gasteiger charge is 2.36. The number of nitrogens with one attached hydrogen (secondary N) is 1. The Labute approximate surface area is 136 Å². The van der Waals surface area contributed by atoms with Gasteiger partial charge in [-0.05, 0) is 38.1 Å². The molecule has 0 unspecified atom stereocenters. The summed E-state index contributed by atoms with van der Waals surface area (Å²) in [7, 11) is -5.57. The fraction of sp³-hybridized carbons (Fsp3) is 0.538. The van der Waals surface area contributed by atoms with Crippen LogP contribution < -0.4 is 5.32 Å². The third-order valence-corrected chi connectivity index (χ3v) is 7.22. The van der Waals surface area contributed by atoms with Crippen molar-refractivity contribution in [2.24, 2.45) is 0 Å². The molecule has 1 fully saturated rings. The summed E-state index contributed by atoms with van der Waals surface area (Å²) in [5.41, 5.74) is 0. The number of rotatable bonds is 5. The van der Waals surface area contributed by atoms with E-state index in [0.717, 1.165) is 25.2 Å². The minimum atomic E-state index is -3.83. The molecule has 2 rings (SSSR count). The van der Waals surface area contributed by atoms with Gasteiger partial charge in [0.15, 0.2) is 9.84 Å². The van der Waals surface area contributed by atoms with E-state index in [1.807, 2.05) is 0 Å². The number of sulfonamides is 1. The van der Waals surface area contributed by atoms with Crippen molar-refractivity contribution in [1.29, 1.82) is 0 Å². The van der Waals surface area contributed by atoms with Crippen LogP contribution in [0.15, 0.2) is 28.0 Å². The average molecular weight is 367 g/mol. The van der Waals surface area contributed by atoms with E-state index in [9.17, 15) is 16.8 Å². The summed E-state index contributed by atoms with van der Waals surface area (Å²) in [6.45, 7) is 0.955. The number of nitrogens with zero attached hydrogens (tertiary/aromatic N) is 1. The first-order chi connectivity index (χ1) is 10.2. The Morgan fingerprint density at radius 2 is 2.00 bits per heavy atom. The van der Waals surface area contributed by atoms with Gasteiger partial charge in [-0.1, -0.05) is 11.6 Å². The predicted molar refractivity (Wildman–Crippen MR) is 85.4 cm³/mol. The highest BCUT2D eigenvalue weighted by molar-refractivity contribution is 7.91. The molecule has 1 atom stereocenters. The number of halogens is 1. The van der Waals surface area contributed by atoms with Gasteiger partial charge in [0, 0.05) is 25.4 Å². The van der Waals surface area contributed by atoms with E-state index in [2.05, 4.69) is 5.32 Å². The first-order valence-electron chi connectivity index (χ1n) is 6.84. The molecule has 1 aliphatic heterocycles. The van der Waals surface area contributed by atoms with Gasteiger partial charge in [0.2, 0.25) is 10.0 Å². The number of likely N-dealkylation sites (N-methyl/N-ethyl adjacent to an activating group) is 1. The predicted octanol–water partition coefficient (Wildman–Crippen LogP) is 1.12. The lowest BCUT2D eigenvalue weighted by Crippen LogP contribution is -2.40. The van der Waals surface area contributed by atoms with Crippen LogP contribution in [0.1, 0.15) is 12.8 Å². The second-order valence-corrected chi connectivity index (χ2v) is 9.62. The Hall–Kier alpha value is -0.670. The van der Waals surface area contributed by atoms with Gasteiger partial charge in [0.1, 0.15) is 4.90 Å². The summed E-state index contributed by atoms with van der Waals surface area (Å²) in [5, 5.41) is 3.01. The smallest absolute Gasteiger partial charge is 0.244 e. The molecular formula is C13H19ClN2O4S2. The Kier molecular flexibility index (Phi) is 5.18. The molecule has 0 radical (unpaired) electrons. The Morgan fingerprint density at radius 1 is 1.32 bits per heavy atom. The van der Waals surface area contributed by atoms with E-state index >= 15 is 0 Å². The first kappa shape index (κ1) is 17.7. The summed E-state index contributed by atoms with van der Waals surface area (Å²) < 4.78 is 50.4. The van der Waals surface area contributed by atoms with E-state index < -0.39 is 19.9 Å². The number of hydrogen-bond donors (Lipinski definition) is 1. The van der Waals surface area contributed by atoms with Crippen molar-refractivity contribution >= 4 is 31.5 Å². The maximum atomic E-state index is 12.8. The molecule has 1 aromatic rings. The monoisotopic (exact) mass is 366 g/mol. The largest absolute Gasteiger partial charge is 0.318 e. The first-order valence-corrected chi connectivity index (χ1v) is 10.5. The van der Waals surface area contributed by atoms with Crippen molar-refractivity contribution in [3.8, 4) is 0 Å². The lowest BCUT2D eigenvalue weighted by atomic mass is 10.2. The van der Waals surface area contributed by atoms with Crippen molar-refractivity contribution < 1.29 is 16.8 Å². The molecular weight excluding hydrogens is 348 g/mol. The zero-order valence-corrected chi connectivity index (χ0v) is 14.8. The molecule has 1 saturated heterocycles. The fourth-order valence-electron chi connectivity index (χ4n) is 2.60. The minimum absolute atomic E-state index is 0.0301. The van der Waals surface area contributed by atoms with Crippen LogP contribution in [0.5, 0.6) is 0 Å². The Morgan fingerprint density at radius 3 is 2.59 bits per heavy atom. The molecule has 0 amide bonds. The van der Waals surface area contributed by atoms with Crippen LogP contribution >= 0.6 is 11.6 Å². The van der Waals surface area contributed by atoms with Gasteiger partial charge in [-0.25, -0.2) is 16.8 Å². The van der Waals surface area contributed by atoms with Gasteiger partial charge in [0.25, 0.3) is 0 Å². The number of sulfone groups is 1. The van der Waals surface area contributed by atoms with Crippen LogP contribution in [0, 0.1) is 0 Å². The molecule has 1 aliphatic rings. The topological polar surface area (TPSA) is 83.6 Å². The molecule has 0 aliphatic carbocycles. The van der Waals surface area contributed by atoms with Crippen LogP contribution in [0.4, 0.5) is 0 Å². The molecule has 0 saturated carbocycles.